The number of nitrogens with zero attached hydrogens (tertiary/aromatic N) is 3. The van der Waals surface area contributed by atoms with Gasteiger partial charge in [-0.1, -0.05) is 0 Å². The van der Waals surface area contributed by atoms with E-state index in [0.717, 1.165) is 84.1 Å². The van der Waals surface area contributed by atoms with E-state index in [1.807, 2.05) is 4.90 Å². The number of hydrogen-bond acceptors (Lipinski definition) is 4. The lowest BCUT2D eigenvalue weighted by Crippen LogP contribution is -2.76. The van der Waals surface area contributed by atoms with Crippen LogP contribution in [0.25, 0.3) is 0 Å². The van der Waals surface area contributed by atoms with Crippen molar-refractivity contribution in [1.29, 1.82) is 0 Å². The number of piperidine rings is 1. The average molecular weight is 380 g/mol. The van der Waals surface area contributed by atoms with Crippen molar-refractivity contribution in [1.82, 2.24) is 14.7 Å². The maximum absolute atomic E-state index is 12.6. The monoisotopic (exact) mass is 379 g/mol. The van der Waals surface area contributed by atoms with Crippen LogP contribution in [0.5, 0.6) is 0 Å². The van der Waals surface area contributed by atoms with Gasteiger partial charge < -0.3 is 19.3 Å². The predicted octanol–water partition coefficient (Wildman–Crippen LogP) is 2.57. The molecule has 1 atom stereocenters. The van der Waals surface area contributed by atoms with E-state index in [1.54, 1.807) is 0 Å². The Hall–Kier alpha value is -0.850. The molecule has 4 aliphatic rings. The second-order valence-electron chi connectivity index (χ2n) is 8.81. The number of likely N-dealkylation sites (tertiary alicyclic amines) is 2. The Bertz CT molecular complexity index is 507. The normalized spacial score (nSPS) is 29.0. The number of amides is 2. The lowest BCUT2D eigenvalue weighted by Gasteiger charge is -2.63. The van der Waals surface area contributed by atoms with Gasteiger partial charge in [-0.2, -0.15) is 0 Å². The minimum absolute atomic E-state index is 0.197. The van der Waals surface area contributed by atoms with E-state index in [9.17, 15) is 4.79 Å². The molecule has 0 aromatic carbocycles. The van der Waals surface area contributed by atoms with Crippen molar-refractivity contribution in [3.05, 3.63) is 0 Å². The zero-order chi connectivity index (χ0) is 18.9. The third-order valence-corrected chi connectivity index (χ3v) is 7.33. The molecule has 6 heteroatoms. The molecule has 2 amide bonds. The summed E-state index contributed by atoms with van der Waals surface area (Å²) < 4.78 is 12.0. The fourth-order valence-corrected chi connectivity index (χ4v) is 5.26. The van der Waals surface area contributed by atoms with E-state index < -0.39 is 0 Å². The van der Waals surface area contributed by atoms with Gasteiger partial charge in [0.2, 0.25) is 0 Å². The van der Waals surface area contributed by atoms with Crippen molar-refractivity contribution >= 4 is 6.03 Å². The molecule has 0 N–H and O–H groups in total. The number of ether oxygens (including phenoxy) is 2. The summed E-state index contributed by atoms with van der Waals surface area (Å²) in [5, 5.41) is 0. The fraction of sp³-hybridized carbons (Fsp3) is 0.952. The molecule has 0 aromatic rings. The van der Waals surface area contributed by atoms with Gasteiger partial charge >= 0.3 is 6.03 Å². The highest BCUT2D eigenvalue weighted by Gasteiger charge is 2.57. The maximum atomic E-state index is 12.6. The topological polar surface area (TPSA) is 45.3 Å². The minimum atomic E-state index is 0.197. The first kappa shape index (κ1) is 19.5. The second kappa shape index (κ2) is 8.26. The average Bonchev–Trinajstić information content (AvgIpc) is 3.53. The Morgan fingerprint density at radius 1 is 1.11 bits per heavy atom. The van der Waals surface area contributed by atoms with Gasteiger partial charge in [-0.3, -0.25) is 4.90 Å². The maximum Gasteiger partial charge on any atom is 0.319 e. The molecule has 1 saturated carbocycles. The van der Waals surface area contributed by atoms with Crippen molar-refractivity contribution in [2.75, 3.05) is 52.5 Å². The number of carbonyl (C=O) groups excluding carboxylic acids is 1. The van der Waals surface area contributed by atoms with Crippen LogP contribution in [0.15, 0.2) is 0 Å². The molecule has 4 rings (SSSR count). The highest BCUT2D eigenvalue weighted by Crippen LogP contribution is 2.45. The molecule has 1 unspecified atom stereocenters. The van der Waals surface area contributed by atoms with Crippen LogP contribution < -0.4 is 0 Å². The molecule has 1 aliphatic carbocycles. The molecule has 3 heterocycles. The van der Waals surface area contributed by atoms with E-state index in [-0.39, 0.29) is 11.6 Å². The van der Waals surface area contributed by atoms with Crippen molar-refractivity contribution in [3.8, 4) is 0 Å². The van der Waals surface area contributed by atoms with Gasteiger partial charge in [0.15, 0.2) is 0 Å². The molecule has 1 spiro atoms. The molecular formula is C21H37N3O3. The molecule has 4 fully saturated rings. The molecular weight excluding hydrogens is 342 g/mol. The van der Waals surface area contributed by atoms with Crippen LogP contribution in [0.4, 0.5) is 4.79 Å². The Morgan fingerprint density at radius 2 is 1.78 bits per heavy atom. The van der Waals surface area contributed by atoms with Gasteiger partial charge in [0.05, 0.1) is 11.6 Å². The van der Waals surface area contributed by atoms with Crippen LogP contribution >= 0.6 is 0 Å². The van der Waals surface area contributed by atoms with Crippen LogP contribution in [0.1, 0.15) is 52.4 Å². The van der Waals surface area contributed by atoms with Crippen LogP contribution in [-0.4, -0.2) is 91.0 Å². The van der Waals surface area contributed by atoms with Crippen molar-refractivity contribution < 1.29 is 14.3 Å². The molecule has 27 heavy (non-hydrogen) atoms. The SMILES string of the molecule is CCN(CC)C(=O)N1CCC(N2CC(OCC3CC3)C23CCOCC3)CC1. The van der Waals surface area contributed by atoms with Crippen LogP contribution in [0, 0.1) is 5.92 Å². The summed E-state index contributed by atoms with van der Waals surface area (Å²) in [5.41, 5.74) is 0.197. The zero-order valence-electron chi connectivity index (χ0n) is 17.2. The lowest BCUT2D eigenvalue weighted by molar-refractivity contribution is -0.217. The van der Waals surface area contributed by atoms with E-state index in [0.29, 0.717) is 12.1 Å². The quantitative estimate of drug-likeness (QED) is 0.712. The Balaban J connectivity index is 1.33. The van der Waals surface area contributed by atoms with Crippen LogP contribution in [-0.2, 0) is 9.47 Å². The third kappa shape index (κ3) is 3.85. The third-order valence-electron chi connectivity index (χ3n) is 7.33. The molecule has 0 bridgehead atoms. The second-order valence-corrected chi connectivity index (χ2v) is 8.81. The molecule has 3 saturated heterocycles. The van der Waals surface area contributed by atoms with Crippen molar-refractivity contribution in [3.63, 3.8) is 0 Å². The van der Waals surface area contributed by atoms with Gasteiger partial charge in [-0.15, -0.1) is 0 Å². The first-order valence-corrected chi connectivity index (χ1v) is 11.2. The fourth-order valence-electron chi connectivity index (χ4n) is 5.26. The van der Waals surface area contributed by atoms with Gasteiger partial charge in [-0.05, 0) is 58.3 Å². The van der Waals surface area contributed by atoms with Gasteiger partial charge in [0, 0.05) is 58.6 Å². The molecule has 0 radical (unpaired) electrons. The van der Waals surface area contributed by atoms with Gasteiger partial charge in [0.25, 0.3) is 0 Å². The number of urea groups is 1. The van der Waals surface area contributed by atoms with E-state index >= 15 is 0 Å². The standard InChI is InChI=1S/C21H37N3O3/c1-3-22(4-2)20(25)23-11-7-18(8-12-23)24-15-19(27-16-17-5-6-17)21(24)9-13-26-14-10-21/h17-19H,3-16H2,1-2H3. The number of rotatable bonds is 6. The number of carbonyl (C=O) groups is 1. The summed E-state index contributed by atoms with van der Waals surface area (Å²) in [6.45, 7) is 11.2. The highest BCUT2D eigenvalue weighted by molar-refractivity contribution is 5.74. The van der Waals surface area contributed by atoms with E-state index in [4.69, 9.17) is 9.47 Å². The molecule has 6 nitrogen and oxygen atoms in total. The summed E-state index contributed by atoms with van der Waals surface area (Å²) in [6, 6.07) is 0.804. The first-order valence-electron chi connectivity index (χ1n) is 11.2. The smallest absolute Gasteiger partial charge is 0.319 e. The van der Waals surface area contributed by atoms with Crippen molar-refractivity contribution in [2.24, 2.45) is 5.92 Å². The Labute approximate surface area is 164 Å². The Morgan fingerprint density at radius 3 is 2.37 bits per heavy atom. The van der Waals surface area contributed by atoms with Crippen molar-refractivity contribution in [2.45, 2.75) is 70.1 Å². The summed E-state index contributed by atoms with van der Waals surface area (Å²) in [4.78, 5) is 19.3. The van der Waals surface area contributed by atoms with E-state index in [1.165, 1.54) is 12.8 Å². The summed E-state index contributed by atoms with van der Waals surface area (Å²) in [5.74, 6) is 0.824. The molecule has 3 aliphatic heterocycles. The highest BCUT2D eigenvalue weighted by atomic mass is 16.5. The van der Waals surface area contributed by atoms with Crippen LogP contribution in [0.3, 0.4) is 0 Å². The molecule has 0 aromatic heterocycles. The van der Waals surface area contributed by atoms with E-state index in [2.05, 4.69) is 23.6 Å². The largest absolute Gasteiger partial charge is 0.381 e. The predicted molar refractivity (Wildman–Crippen MR) is 105 cm³/mol. The van der Waals surface area contributed by atoms with Gasteiger partial charge in [-0.25, -0.2) is 4.79 Å². The van der Waals surface area contributed by atoms with Gasteiger partial charge in [0.1, 0.15) is 0 Å². The van der Waals surface area contributed by atoms with Crippen LogP contribution in [0.2, 0.25) is 0 Å². The zero-order valence-corrected chi connectivity index (χ0v) is 17.2. The molecule has 154 valence electrons. The minimum Gasteiger partial charge on any atom is -0.381 e. The number of hydrogen-bond donors (Lipinski definition) is 0. The first-order chi connectivity index (χ1) is 13.2. The lowest BCUT2D eigenvalue weighted by atomic mass is 9.73. The summed E-state index contributed by atoms with van der Waals surface area (Å²) >= 11 is 0. The summed E-state index contributed by atoms with van der Waals surface area (Å²) in [7, 11) is 0. The Kier molecular flexibility index (Phi) is 5.95. The summed E-state index contributed by atoms with van der Waals surface area (Å²) in [6.07, 6.45) is 7.46.